The molecule has 0 saturated carbocycles. The molecule has 1 fully saturated rings. The summed E-state index contributed by atoms with van der Waals surface area (Å²) in [6, 6.07) is 9.50. The van der Waals surface area contributed by atoms with E-state index in [1.165, 1.54) is 4.31 Å². The first-order chi connectivity index (χ1) is 17.1. The Bertz CT molecular complexity index is 1280. The van der Waals surface area contributed by atoms with E-state index in [0.717, 1.165) is 27.9 Å². The molecule has 2 aliphatic rings. The quantitative estimate of drug-likeness (QED) is 0.578. The van der Waals surface area contributed by atoms with Gasteiger partial charge in [-0.1, -0.05) is 6.07 Å². The highest BCUT2D eigenvalue weighted by Crippen LogP contribution is 2.34. The molecule has 2 heterocycles. The average Bonchev–Trinajstić information content (AvgIpc) is 3.25. The number of hydrogen-bond acceptors (Lipinski definition) is 6. The average molecular weight is 516 g/mol. The van der Waals surface area contributed by atoms with Gasteiger partial charge in [0.15, 0.2) is 11.5 Å². The highest BCUT2D eigenvalue weighted by molar-refractivity contribution is 7.89. The Morgan fingerprint density at radius 2 is 1.75 bits per heavy atom. The van der Waals surface area contributed by atoms with Crippen LogP contribution in [0.5, 0.6) is 11.5 Å². The summed E-state index contributed by atoms with van der Waals surface area (Å²) in [4.78, 5) is 26.9. The topological polar surface area (TPSA) is 105 Å². The lowest BCUT2D eigenvalue weighted by Gasteiger charge is -2.29. The third-order valence-corrected chi connectivity index (χ3v) is 8.85. The van der Waals surface area contributed by atoms with Gasteiger partial charge in [0, 0.05) is 38.3 Å². The Balaban J connectivity index is 1.32. The van der Waals surface area contributed by atoms with E-state index in [9.17, 15) is 18.0 Å². The molecule has 194 valence electrons. The summed E-state index contributed by atoms with van der Waals surface area (Å²) in [5.74, 6) is 0.0606. The fourth-order valence-corrected chi connectivity index (χ4v) is 6.02. The standard InChI is InChI=1S/C26H33N3O6S/c1-17-5-6-22(11-18(17)2)29-16-21(14-25(29)30)26(31)27-8-10-36(32,33)28-9-7-19-12-23(34-3)24(35-4)13-20(19)15-28/h5-6,11-13,21H,7-10,14-16H2,1-4H3,(H,27,31). The van der Waals surface area contributed by atoms with Crippen LogP contribution >= 0.6 is 0 Å². The molecular formula is C26H33N3O6S. The first-order valence-corrected chi connectivity index (χ1v) is 13.6. The Labute approximate surface area is 212 Å². The number of amides is 2. The van der Waals surface area contributed by atoms with Crippen LogP contribution in [-0.2, 0) is 32.6 Å². The van der Waals surface area contributed by atoms with Crippen molar-refractivity contribution in [1.82, 2.24) is 9.62 Å². The molecule has 2 aromatic rings. The minimum atomic E-state index is -3.58. The van der Waals surface area contributed by atoms with Gasteiger partial charge in [0.1, 0.15) is 0 Å². The minimum absolute atomic E-state index is 0.00914. The van der Waals surface area contributed by atoms with Gasteiger partial charge in [-0.05, 0) is 66.8 Å². The molecule has 1 unspecified atom stereocenters. The number of sulfonamides is 1. The Kier molecular flexibility index (Phi) is 7.56. The lowest BCUT2D eigenvalue weighted by Crippen LogP contribution is -2.41. The van der Waals surface area contributed by atoms with Crippen molar-refractivity contribution in [1.29, 1.82) is 0 Å². The number of aryl methyl sites for hydroxylation is 2. The molecule has 2 aliphatic heterocycles. The third-order valence-electron chi connectivity index (χ3n) is 7.03. The predicted octanol–water partition coefficient (Wildman–Crippen LogP) is 2.18. The fourth-order valence-electron chi connectivity index (χ4n) is 4.70. The van der Waals surface area contributed by atoms with E-state index in [0.29, 0.717) is 24.5 Å². The van der Waals surface area contributed by atoms with Gasteiger partial charge in [-0.15, -0.1) is 0 Å². The van der Waals surface area contributed by atoms with Crippen molar-refractivity contribution < 1.29 is 27.5 Å². The van der Waals surface area contributed by atoms with Crippen LogP contribution in [-0.4, -0.2) is 64.1 Å². The maximum absolute atomic E-state index is 13.0. The van der Waals surface area contributed by atoms with E-state index in [-0.39, 0.29) is 43.6 Å². The van der Waals surface area contributed by atoms with Crippen molar-refractivity contribution in [3.8, 4) is 11.5 Å². The Morgan fingerprint density at radius 3 is 2.42 bits per heavy atom. The van der Waals surface area contributed by atoms with Crippen LogP contribution in [0.3, 0.4) is 0 Å². The van der Waals surface area contributed by atoms with Crippen molar-refractivity contribution in [2.75, 3.05) is 44.5 Å². The van der Waals surface area contributed by atoms with Crippen LogP contribution in [0, 0.1) is 19.8 Å². The predicted molar refractivity (Wildman–Crippen MR) is 137 cm³/mol. The summed E-state index contributed by atoms with van der Waals surface area (Å²) in [7, 11) is -0.470. The number of hydrogen-bond donors (Lipinski definition) is 1. The van der Waals surface area contributed by atoms with Gasteiger partial charge in [-0.2, -0.15) is 4.31 Å². The molecule has 0 aliphatic carbocycles. The molecule has 2 aromatic carbocycles. The van der Waals surface area contributed by atoms with Crippen LogP contribution in [0.15, 0.2) is 30.3 Å². The van der Waals surface area contributed by atoms with Crippen molar-refractivity contribution in [2.45, 2.75) is 33.2 Å². The van der Waals surface area contributed by atoms with Crippen LogP contribution in [0.25, 0.3) is 0 Å². The summed E-state index contributed by atoms with van der Waals surface area (Å²) >= 11 is 0. The molecule has 36 heavy (non-hydrogen) atoms. The SMILES string of the molecule is COc1cc2c(cc1OC)CN(S(=O)(=O)CCNC(=O)C1CC(=O)N(c3ccc(C)c(C)c3)C1)CC2. The van der Waals surface area contributed by atoms with Gasteiger partial charge < -0.3 is 19.7 Å². The van der Waals surface area contributed by atoms with Crippen LogP contribution in [0.4, 0.5) is 5.69 Å². The lowest BCUT2D eigenvalue weighted by molar-refractivity contribution is -0.126. The Morgan fingerprint density at radius 1 is 1.06 bits per heavy atom. The second-order valence-electron chi connectivity index (χ2n) is 9.34. The number of nitrogens with zero attached hydrogens (tertiary/aromatic N) is 2. The number of benzene rings is 2. The van der Waals surface area contributed by atoms with Crippen LogP contribution in [0.2, 0.25) is 0 Å². The zero-order valence-electron chi connectivity index (χ0n) is 21.2. The van der Waals surface area contributed by atoms with E-state index < -0.39 is 15.9 Å². The molecule has 0 bridgehead atoms. The first kappa shape index (κ1) is 26.0. The Hall–Kier alpha value is -3.11. The van der Waals surface area contributed by atoms with Crippen LogP contribution in [0.1, 0.15) is 28.7 Å². The summed E-state index contributed by atoms with van der Waals surface area (Å²) < 4.78 is 38.1. The zero-order valence-corrected chi connectivity index (χ0v) is 22.0. The van der Waals surface area contributed by atoms with E-state index in [1.807, 2.05) is 44.2 Å². The van der Waals surface area contributed by atoms with Crippen molar-refractivity contribution in [2.24, 2.45) is 5.92 Å². The maximum Gasteiger partial charge on any atom is 0.227 e. The number of anilines is 1. The number of rotatable bonds is 8. The third kappa shape index (κ3) is 5.34. The number of carbonyl (C=O) groups is 2. The summed E-state index contributed by atoms with van der Waals surface area (Å²) in [5, 5.41) is 2.73. The van der Waals surface area contributed by atoms with Gasteiger partial charge >= 0.3 is 0 Å². The van der Waals surface area contributed by atoms with E-state index in [1.54, 1.807) is 19.1 Å². The summed E-state index contributed by atoms with van der Waals surface area (Å²) in [6.07, 6.45) is 0.680. The van der Waals surface area contributed by atoms with E-state index in [4.69, 9.17) is 9.47 Å². The number of methoxy groups -OCH3 is 2. The van der Waals surface area contributed by atoms with Gasteiger partial charge in [-0.25, -0.2) is 8.42 Å². The normalized spacial score (nSPS) is 18.2. The molecule has 9 nitrogen and oxygen atoms in total. The zero-order chi connectivity index (χ0) is 26.0. The molecule has 1 saturated heterocycles. The minimum Gasteiger partial charge on any atom is -0.493 e. The first-order valence-electron chi connectivity index (χ1n) is 12.0. The molecule has 2 amide bonds. The highest BCUT2D eigenvalue weighted by atomic mass is 32.2. The smallest absolute Gasteiger partial charge is 0.227 e. The molecule has 1 atom stereocenters. The van der Waals surface area contributed by atoms with Crippen molar-refractivity contribution >= 4 is 27.5 Å². The van der Waals surface area contributed by atoms with Crippen molar-refractivity contribution in [3.05, 3.63) is 52.6 Å². The van der Waals surface area contributed by atoms with Crippen LogP contribution < -0.4 is 19.7 Å². The molecular weight excluding hydrogens is 482 g/mol. The maximum atomic E-state index is 13.0. The largest absolute Gasteiger partial charge is 0.493 e. The monoisotopic (exact) mass is 515 g/mol. The van der Waals surface area contributed by atoms with Gasteiger partial charge in [0.25, 0.3) is 0 Å². The number of carbonyl (C=O) groups excluding carboxylic acids is 2. The second kappa shape index (κ2) is 10.5. The second-order valence-corrected chi connectivity index (χ2v) is 11.4. The van der Waals surface area contributed by atoms with Gasteiger partial charge in [0.05, 0.1) is 25.9 Å². The van der Waals surface area contributed by atoms with E-state index in [2.05, 4.69) is 5.32 Å². The van der Waals surface area contributed by atoms with Crippen molar-refractivity contribution in [3.63, 3.8) is 0 Å². The summed E-state index contributed by atoms with van der Waals surface area (Å²) in [5.41, 5.74) is 4.91. The van der Waals surface area contributed by atoms with E-state index >= 15 is 0 Å². The number of fused-ring (bicyclic) bond motifs is 1. The number of ether oxygens (including phenoxy) is 2. The molecule has 0 aromatic heterocycles. The molecule has 10 heteroatoms. The van der Waals surface area contributed by atoms with Gasteiger partial charge in [0.2, 0.25) is 21.8 Å². The molecule has 0 radical (unpaired) electrons. The fraction of sp³-hybridized carbons (Fsp3) is 0.462. The molecule has 1 N–H and O–H groups in total. The molecule has 4 rings (SSSR count). The highest BCUT2D eigenvalue weighted by Gasteiger charge is 2.35. The van der Waals surface area contributed by atoms with Gasteiger partial charge in [-0.3, -0.25) is 9.59 Å². The number of nitrogens with one attached hydrogen (secondary N) is 1. The lowest BCUT2D eigenvalue weighted by atomic mass is 10.0. The summed E-state index contributed by atoms with van der Waals surface area (Å²) in [6.45, 7) is 4.87. The molecule has 0 spiro atoms.